The van der Waals surface area contributed by atoms with Gasteiger partial charge in [0.15, 0.2) is 5.54 Å². The second kappa shape index (κ2) is 8.22. The number of aromatic carboxylic acids is 1. The Morgan fingerprint density at radius 3 is 1.46 bits per heavy atom. The van der Waals surface area contributed by atoms with Crippen molar-refractivity contribution in [2.75, 3.05) is 0 Å². The molecule has 4 rings (SSSR count). The predicted octanol–water partition coefficient (Wildman–Crippen LogP) is 2.56. The number of aromatic nitrogens is 4. The number of rotatable bonds is 5. The Kier molecular flexibility index (Phi) is 5.74. The first kappa shape index (κ1) is 19.6. The van der Waals surface area contributed by atoms with Gasteiger partial charge in [-0.25, -0.2) is 4.79 Å². The first-order chi connectivity index (χ1) is 13.2. The molecule has 0 amide bonds. The van der Waals surface area contributed by atoms with Crippen LogP contribution in [-0.4, -0.2) is 50.1 Å². The van der Waals surface area contributed by atoms with Crippen molar-refractivity contribution in [3.63, 3.8) is 0 Å². The Morgan fingerprint density at radius 1 is 0.750 bits per heavy atom. The van der Waals surface area contributed by atoms with E-state index in [0.29, 0.717) is 0 Å². The van der Waals surface area contributed by atoms with E-state index in [0.717, 1.165) is 16.7 Å². The number of hydrogen-bond donors (Lipinski definition) is 1. The molecule has 0 fully saturated rings. The van der Waals surface area contributed by atoms with Gasteiger partial charge in [-0.1, -0.05) is 91.0 Å². The Balaban J connectivity index is 0.00000225. The van der Waals surface area contributed by atoms with Crippen LogP contribution in [0.25, 0.3) is 0 Å². The number of hydrogen-bond acceptors (Lipinski definition) is 4. The van der Waals surface area contributed by atoms with E-state index in [1.165, 1.54) is 4.80 Å². The average Bonchev–Trinajstić information content (AvgIpc) is 3.22. The van der Waals surface area contributed by atoms with E-state index in [1.54, 1.807) is 0 Å². The Bertz CT molecular complexity index is 957. The standard InChI is InChI=1S/C21H16N4O2.Li.H/c26-20(27)19-22-24-25(23-19)21(16-10-4-1-5-11-16,17-12-6-2-7-13-17)18-14-8-3-9-15-18;;/h1-15H,(H,26,27);;. The van der Waals surface area contributed by atoms with Gasteiger partial charge in [0, 0.05) is 0 Å². The topological polar surface area (TPSA) is 80.9 Å². The van der Waals surface area contributed by atoms with Crippen molar-refractivity contribution in [1.29, 1.82) is 0 Å². The molecule has 0 spiro atoms. The van der Waals surface area contributed by atoms with Gasteiger partial charge in [0.1, 0.15) is 0 Å². The van der Waals surface area contributed by atoms with E-state index in [9.17, 15) is 9.90 Å². The third kappa shape index (κ3) is 3.24. The van der Waals surface area contributed by atoms with E-state index in [-0.39, 0.29) is 24.7 Å². The molecule has 1 heterocycles. The first-order valence-electron chi connectivity index (χ1n) is 8.43. The molecule has 1 N–H and O–H groups in total. The van der Waals surface area contributed by atoms with Crippen LogP contribution in [0.15, 0.2) is 91.0 Å². The predicted molar refractivity (Wildman–Crippen MR) is 107 cm³/mol. The summed E-state index contributed by atoms with van der Waals surface area (Å²) in [5, 5.41) is 21.4. The van der Waals surface area contributed by atoms with Crippen LogP contribution >= 0.6 is 0 Å². The van der Waals surface area contributed by atoms with Crippen LogP contribution in [0.3, 0.4) is 0 Å². The van der Waals surface area contributed by atoms with Crippen molar-refractivity contribution in [3.8, 4) is 0 Å². The molecule has 0 atom stereocenters. The summed E-state index contributed by atoms with van der Waals surface area (Å²) in [5.41, 5.74) is 1.75. The number of nitrogens with zero attached hydrogens (tertiary/aromatic N) is 4. The van der Waals surface area contributed by atoms with Gasteiger partial charge >= 0.3 is 24.8 Å². The zero-order chi connectivity index (χ0) is 18.7. The molecule has 28 heavy (non-hydrogen) atoms. The molecule has 0 aliphatic rings. The summed E-state index contributed by atoms with van der Waals surface area (Å²) in [5.74, 6) is -1.56. The fourth-order valence-corrected chi connectivity index (χ4v) is 3.33. The molecule has 0 saturated heterocycles. The van der Waals surface area contributed by atoms with Crippen LogP contribution in [-0.2, 0) is 5.54 Å². The molecule has 0 aliphatic carbocycles. The van der Waals surface area contributed by atoms with Crippen LogP contribution in [0, 0.1) is 0 Å². The van der Waals surface area contributed by atoms with Crippen molar-refractivity contribution in [2.45, 2.75) is 5.54 Å². The van der Waals surface area contributed by atoms with Gasteiger partial charge in [-0.2, -0.15) is 0 Å². The summed E-state index contributed by atoms with van der Waals surface area (Å²) < 4.78 is 0. The van der Waals surface area contributed by atoms with Gasteiger partial charge in [-0.15, -0.1) is 15.0 Å². The van der Waals surface area contributed by atoms with Gasteiger partial charge in [-0.05, 0) is 21.9 Å². The van der Waals surface area contributed by atoms with E-state index in [4.69, 9.17) is 0 Å². The zero-order valence-corrected chi connectivity index (χ0v) is 14.3. The summed E-state index contributed by atoms with van der Waals surface area (Å²) in [4.78, 5) is 12.8. The van der Waals surface area contributed by atoms with Gasteiger partial charge in [0.2, 0.25) is 0 Å². The van der Waals surface area contributed by atoms with E-state index in [1.807, 2.05) is 91.0 Å². The normalized spacial score (nSPS) is 10.9. The maximum atomic E-state index is 11.4. The molecule has 0 saturated carbocycles. The summed E-state index contributed by atoms with van der Waals surface area (Å²) in [6, 6.07) is 29.3. The summed E-state index contributed by atoms with van der Waals surface area (Å²) in [6.07, 6.45) is 0. The maximum absolute atomic E-state index is 11.4. The quantitative estimate of drug-likeness (QED) is 0.435. The van der Waals surface area contributed by atoms with Gasteiger partial charge in [0.05, 0.1) is 0 Å². The van der Waals surface area contributed by atoms with Crippen molar-refractivity contribution in [2.24, 2.45) is 0 Å². The van der Waals surface area contributed by atoms with Gasteiger partial charge in [0.25, 0.3) is 5.82 Å². The van der Waals surface area contributed by atoms with E-state index < -0.39 is 11.5 Å². The fourth-order valence-electron chi connectivity index (χ4n) is 3.33. The minimum absolute atomic E-state index is 0. The van der Waals surface area contributed by atoms with Crippen molar-refractivity contribution >= 4 is 24.8 Å². The van der Waals surface area contributed by atoms with Crippen LogP contribution < -0.4 is 0 Å². The van der Waals surface area contributed by atoms with E-state index >= 15 is 0 Å². The van der Waals surface area contributed by atoms with E-state index in [2.05, 4.69) is 15.4 Å². The molecule has 1 aromatic heterocycles. The van der Waals surface area contributed by atoms with Gasteiger partial charge < -0.3 is 5.11 Å². The molecule has 134 valence electrons. The molecule has 0 bridgehead atoms. The number of benzene rings is 3. The van der Waals surface area contributed by atoms with Gasteiger partial charge in [-0.3, -0.25) is 0 Å². The number of carboxylic acid groups (broad SMARTS) is 1. The molecule has 0 unspecified atom stereocenters. The summed E-state index contributed by atoms with van der Waals surface area (Å²) in [6.45, 7) is 0. The van der Waals surface area contributed by atoms with Crippen LogP contribution in [0.1, 0.15) is 27.3 Å². The third-order valence-electron chi connectivity index (χ3n) is 4.48. The minimum atomic E-state index is -1.22. The SMILES string of the molecule is O=C(O)c1nnn(C(c2ccccc2)(c2ccccc2)c2ccccc2)n1.[LiH]. The molecule has 4 aromatic rings. The Morgan fingerprint density at radius 2 is 1.14 bits per heavy atom. The third-order valence-corrected chi connectivity index (χ3v) is 4.48. The van der Waals surface area contributed by atoms with Crippen LogP contribution in [0.4, 0.5) is 0 Å². The molecule has 6 nitrogen and oxygen atoms in total. The molecular formula is C21H17LiN4O2. The zero-order valence-electron chi connectivity index (χ0n) is 14.3. The first-order valence-corrected chi connectivity index (χ1v) is 8.43. The molecular weight excluding hydrogens is 347 g/mol. The molecule has 3 aromatic carbocycles. The van der Waals surface area contributed by atoms with Crippen molar-refractivity contribution in [3.05, 3.63) is 114 Å². The summed E-state index contributed by atoms with van der Waals surface area (Å²) >= 11 is 0. The Hall–Kier alpha value is -3.20. The monoisotopic (exact) mass is 364 g/mol. The molecule has 0 aliphatic heterocycles. The number of tetrazole rings is 1. The van der Waals surface area contributed by atoms with Crippen molar-refractivity contribution in [1.82, 2.24) is 20.2 Å². The Labute approximate surface area is 174 Å². The molecule has 7 heteroatoms. The number of carbonyl (C=O) groups is 1. The summed E-state index contributed by atoms with van der Waals surface area (Å²) in [7, 11) is 0. The number of carboxylic acids is 1. The molecule has 0 radical (unpaired) electrons. The van der Waals surface area contributed by atoms with Crippen molar-refractivity contribution < 1.29 is 9.90 Å². The van der Waals surface area contributed by atoms with Crippen LogP contribution in [0.2, 0.25) is 0 Å². The average molecular weight is 364 g/mol. The second-order valence-corrected chi connectivity index (χ2v) is 6.02. The fraction of sp³-hybridized carbons (Fsp3) is 0.0476. The second-order valence-electron chi connectivity index (χ2n) is 6.02. The van der Waals surface area contributed by atoms with Crippen LogP contribution in [0.5, 0.6) is 0 Å².